The van der Waals surface area contributed by atoms with Crippen LogP contribution in [0.2, 0.25) is 0 Å². The number of hydrogen-bond donors (Lipinski definition) is 0. The molecule has 1 fully saturated rings. The van der Waals surface area contributed by atoms with E-state index in [1.54, 1.807) is 18.2 Å². The normalized spacial score (nSPS) is 15.4. The summed E-state index contributed by atoms with van der Waals surface area (Å²) in [6, 6.07) is 10.3. The zero-order chi connectivity index (χ0) is 19.5. The number of carbonyl (C=O) groups excluding carboxylic acids is 1. The predicted octanol–water partition coefficient (Wildman–Crippen LogP) is 5.06. The minimum Gasteiger partial charge on any atom is -0.356 e. The topological polar surface area (TPSA) is 46.3 Å². The first-order valence-corrected chi connectivity index (χ1v) is 9.66. The zero-order valence-electron chi connectivity index (χ0n) is 15.9. The summed E-state index contributed by atoms with van der Waals surface area (Å²) in [6.45, 7) is 2.68. The standard InChI is InChI=1S/C22H22F2N2O2.ClH/c23-17-5-3-15(4-6-17)22(27)16-9-12-26(13-10-16)11-1-2-20-19-8-7-18(24)14-21(19)28-25-20;/h3-8,14,16H,1-2,9-13H2;1H. The lowest BCUT2D eigenvalue weighted by Crippen LogP contribution is -2.37. The van der Waals surface area contributed by atoms with Crippen molar-refractivity contribution in [2.75, 3.05) is 19.6 Å². The van der Waals surface area contributed by atoms with E-state index < -0.39 is 0 Å². The first-order chi connectivity index (χ1) is 13.6. The van der Waals surface area contributed by atoms with Crippen LogP contribution in [0.1, 0.15) is 35.3 Å². The maximum atomic E-state index is 13.2. The smallest absolute Gasteiger partial charge is 0.170 e. The number of nitrogens with zero attached hydrogens (tertiary/aromatic N) is 2. The highest BCUT2D eigenvalue weighted by atomic mass is 35.5. The van der Waals surface area contributed by atoms with Crippen LogP contribution in [0.5, 0.6) is 0 Å². The summed E-state index contributed by atoms with van der Waals surface area (Å²) in [4.78, 5) is 14.9. The summed E-state index contributed by atoms with van der Waals surface area (Å²) < 4.78 is 31.4. The molecule has 0 aliphatic carbocycles. The zero-order valence-corrected chi connectivity index (χ0v) is 16.8. The summed E-state index contributed by atoms with van der Waals surface area (Å²) in [5.74, 6) is -0.526. The molecule has 0 bridgehead atoms. The molecule has 1 aromatic heterocycles. The molecule has 0 N–H and O–H groups in total. The highest BCUT2D eigenvalue weighted by molar-refractivity contribution is 5.97. The Morgan fingerprint density at radius 3 is 2.48 bits per heavy atom. The Kier molecular flexibility index (Phi) is 6.98. The van der Waals surface area contributed by atoms with E-state index in [0.717, 1.165) is 56.4 Å². The van der Waals surface area contributed by atoms with E-state index in [1.165, 1.54) is 24.3 Å². The molecule has 0 amide bonds. The van der Waals surface area contributed by atoms with Crippen LogP contribution in [0, 0.1) is 17.6 Å². The Balaban J connectivity index is 0.00000240. The second-order valence-electron chi connectivity index (χ2n) is 7.36. The maximum absolute atomic E-state index is 13.2. The number of fused-ring (bicyclic) bond motifs is 1. The SMILES string of the molecule is Cl.O=C(c1ccc(F)cc1)C1CCN(CCCc2noc3cc(F)ccc23)CC1. The van der Waals surface area contributed by atoms with Crippen LogP contribution in [0.4, 0.5) is 8.78 Å². The van der Waals surface area contributed by atoms with E-state index in [1.807, 2.05) is 0 Å². The Bertz CT molecular complexity index is 967. The lowest BCUT2D eigenvalue weighted by atomic mass is 9.89. The summed E-state index contributed by atoms with van der Waals surface area (Å²) in [7, 11) is 0. The highest BCUT2D eigenvalue weighted by Crippen LogP contribution is 2.23. The molecule has 3 aromatic rings. The highest BCUT2D eigenvalue weighted by Gasteiger charge is 2.25. The van der Waals surface area contributed by atoms with E-state index in [0.29, 0.717) is 11.1 Å². The second kappa shape index (κ2) is 9.46. The van der Waals surface area contributed by atoms with Gasteiger partial charge in [-0.25, -0.2) is 8.78 Å². The van der Waals surface area contributed by atoms with Gasteiger partial charge >= 0.3 is 0 Å². The number of likely N-dealkylation sites (tertiary alicyclic amines) is 1. The summed E-state index contributed by atoms with van der Waals surface area (Å²) in [5.41, 5.74) is 1.93. The molecule has 0 radical (unpaired) electrons. The third-order valence-electron chi connectivity index (χ3n) is 5.48. The molecule has 4 rings (SSSR count). The number of hydrogen-bond acceptors (Lipinski definition) is 4. The van der Waals surface area contributed by atoms with Crippen molar-refractivity contribution in [3.63, 3.8) is 0 Å². The molecule has 2 aromatic carbocycles. The van der Waals surface area contributed by atoms with E-state index in [9.17, 15) is 13.6 Å². The van der Waals surface area contributed by atoms with Gasteiger partial charge in [0.25, 0.3) is 0 Å². The molecule has 0 unspecified atom stereocenters. The number of aryl methyl sites for hydroxylation is 1. The Morgan fingerprint density at radius 1 is 1.07 bits per heavy atom. The van der Waals surface area contributed by atoms with Crippen LogP contribution < -0.4 is 0 Å². The van der Waals surface area contributed by atoms with Crippen molar-refractivity contribution < 1.29 is 18.1 Å². The molecule has 1 aliphatic heterocycles. The second-order valence-corrected chi connectivity index (χ2v) is 7.36. The molecular formula is C22H23ClF2N2O2. The first-order valence-electron chi connectivity index (χ1n) is 9.66. The van der Waals surface area contributed by atoms with Gasteiger partial charge in [0.05, 0.1) is 5.69 Å². The van der Waals surface area contributed by atoms with Gasteiger partial charge in [0.2, 0.25) is 0 Å². The number of Topliss-reactive ketones (excluding diaryl/α,β-unsaturated/α-hetero) is 1. The molecule has 154 valence electrons. The monoisotopic (exact) mass is 420 g/mol. The number of halogens is 3. The van der Waals surface area contributed by atoms with E-state index in [4.69, 9.17) is 4.52 Å². The van der Waals surface area contributed by atoms with Gasteiger partial charge < -0.3 is 9.42 Å². The number of ketones is 1. The summed E-state index contributed by atoms with van der Waals surface area (Å²) in [6.07, 6.45) is 3.34. The number of rotatable bonds is 6. The molecule has 1 aliphatic rings. The fourth-order valence-electron chi connectivity index (χ4n) is 3.88. The number of carbonyl (C=O) groups is 1. The minimum absolute atomic E-state index is 0. The van der Waals surface area contributed by atoms with Gasteiger partial charge in [-0.2, -0.15) is 0 Å². The van der Waals surface area contributed by atoms with Crippen molar-refractivity contribution in [3.05, 3.63) is 65.4 Å². The summed E-state index contributed by atoms with van der Waals surface area (Å²) in [5, 5.41) is 4.93. The van der Waals surface area contributed by atoms with Crippen LogP contribution in [0.3, 0.4) is 0 Å². The molecular weight excluding hydrogens is 398 g/mol. The lowest BCUT2D eigenvalue weighted by Gasteiger charge is -2.31. The Labute approximate surface area is 174 Å². The fraction of sp³-hybridized carbons (Fsp3) is 0.364. The van der Waals surface area contributed by atoms with Gasteiger partial charge in [-0.15, -0.1) is 12.4 Å². The molecule has 2 heterocycles. The van der Waals surface area contributed by atoms with Gasteiger partial charge in [0.15, 0.2) is 11.4 Å². The predicted molar refractivity (Wildman–Crippen MR) is 109 cm³/mol. The molecule has 1 saturated heterocycles. The van der Waals surface area contributed by atoms with E-state index in [-0.39, 0.29) is 35.7 Å². The minimum atomic E-state index is -0.326. The third-order valence-corrected chi connectivity index (χ3v) is 5.48. The number of piperidine rings is 1. The molecule has 0 saturated carbocycles. The van der Waals surface area contributed by atoms with E-state index >= 15 is 0 Å². The van der Waals surface area contributed by atoms with Crippen molar-refractivity contribution >= 4 is 29.2 Å². The van der Waals surface area contributed by atoms with Gasteiger partial charge in [0.1, 0.15) is 11.6 Å². The number of benzene rings is 2. The largest absolute Gasteiger partial charge is 0.356 e. The van der Waals surface area contributed by atoms with Crippen molar-refractivity contribution in [1.29, 1.82) is 0 Å². The quantitative estimate of drug-likeness (QED) is 0.523. The lowest BCUT2D eigenvalue weighted by molar-refractivity contribution is 0.0839. The average Bonchev–Trinajstić information content (AvgIpc) is 3.10. The van der Waals surface area contributed by atoms with Crippen LogP contribution in [-0.2, 0) is 6.42 Å². The van der Waals surface area contributed by atoms with Gasteiger partial charge in [-0.05, 0) is 81.7 Å². The van der Waals surface area contributed by atoms with Crippen molar-refractivity contribution in [2.24, 2.45) is 5.92 Å². The molecule has 7 heteroatoms. The third kappa shape index (κ3) is 5.00. The fourth-order valence-corrected chi connectivity index (χ4v) is 3.88. The van der Waals surface area contributed by atoms with Gasteiger partial charge in [0, 0.05) is 22.9 Å². The molecule has 0 spiro atoms. The van der Waals surface area contributed by atoms with Crippen molar-refractivity contribution in [2.45, 2.75) is 25.7 Å². The maximum Gasteiger partial charge on any atom is 0.170 e. The molecule has 29 heavy (non-hydrogen) atoms. The van der Waals surface area contributed by atoms with Crippen LogP contribution in [0.15, 0.2) is 47.0 Å². The van der Waals surface area contributed by atoms with E-state index in [2.05, 4.69) is 10.1 Å². The Hall–Kier alpha value is -2.31. The van der Waals surface area contributed by atoms with Crippen molar-refractivity contribution in [1.82, 2.24) is 10.1 Å². The average molecular weight is 421 g/mol. The van der Waals surface area contributed by atoms with Gasteiger partial charge in [-0.3, -0.25) is 4.79 Å². The van der Waals surface area contributed by atoms with Crippen LogP contribution >= 0.6 is 12.4 Å². The van der Waals surface area contributed by atoms with Crippen LogP contribution in [0.25, 0.3) is 11.0 Å². The molecule has 0 atom stereocenters. The van der Waals surface area contributed by atoms with Gasteiger partial charge in [-0.1, -0.05) is 5.16 Å². The molecule has 4 nitrogen and oxygen atoms in total. The number of aromatic nitrogens is 1. The summed E-state index contributed by atoms with van der Waals surface area (Å²) >= 11 is 0. The Morgan fingerprint density at radius 2 is 1.76 bits per heavy atom. The van der Waals surface area contributed by atoms with Crippen LogP contribution in [-0.4, -0.2) is 35.5 Å². The first kappa shape index (κ1) is 21.4. The van der Waals surface area contributed by atoms with Crippen molar-refractivity contribution in [3.8, 4) is 0 Å².